The normalized spacial score (nSPS) is 11.1. The third kappa shape index (κ3) is 5.20. The highest BCUT2D eigenvalue weighted by Crippen LogP contribution is 2.51. The number of hydrogen-bond acceptors (Lipinski definition) is 3. The Morgan fingerprint density at radius 3 is 1.23 bits per heavy atom. The number of pyridine rings is 1. The summed E-state index contributed by atoms with van der Waals surface area (Å²) in [6, 6.07) is 28.0. The van der Waals surface area contributed by atoms with Crippen LogP contribution in [0.5, 0.6) is 0 Å². The first kappa shape index (κ1) is 22.7. The molecule has 3 nitrogen and oxygen atoms in total. The van der Waals surface area contributed by atoms with E-state index in [1.807, 2.05) is 0 Å². The zero-order chi connectivity index (χ0) is 21.3. The van der Waals surface area contributed by atoms with Crippen LogP contribution in [0, 0.1) is 0 Å². The number of anilines is 4. The fourth-order valence-electron chi connectivity index (χ4n) is 3.68. The lowest BCUT2D eigenvalue weighted by Crippen LogP contribution is -2.18. The van der Waals surface area contributed by atoms with Gasteiger partial charge in [0.1, 0.15) is 11.6 Å². The van der Waals surface area contributed by atoms with Gasteiger partial charge in [-0.3, -0.25) is 0 Å². The molecule has 1 heterocycles. The predicted molar refractivity (Wildman–Crippen MR) is 137 cm³/mol. The van der Waals surface area contributed by atoms with Crippen LogP contribution in [0.4, 0.5) is 23.0 Å². The second-order valence-electron chi connectivity index (χ2n) is 6.93. The number of para-hydroxylation sites is 2. The van der Waals surface area contributed by atoms with Crippen molar-refractivity contribution in [1.29, 1.82) is 0 Å². The van der Waals surface area contributed by atoms with Crippen LogP contribution in [0.15, 0.2) is 78.9 Å². The molecule has 0 atom stereocenters. The molecule has 30 heavy (non-hydrogen) atoms. The molecule has 0 amide bonds. The number of benzene rings is 2. The molecule has 0 aliphatic heterocycles. The molecule has 5 heteroatoms. The van der Waals surface area contributed by atoms with Crippen LogP contribution in [0.2, 0.25) is 0 Å². The van der Waals surface area contributed by atoms with Gasteiger partial charge in [-0.1, -0.05) is 70.2 Å². The molecule has 0 saturated carbocycles. The summed E-state index contributed by atoms with van der Waals surface area (Å²) in [5.74, 6) is 2.10. The maximum atomic E-state index is 5.24. The predicted octanol–water partition coefficient (Wildman–Crippen LogP) is 8.23. The molecule has 0 aliphatic rings. The number of aromatic nitrogens is 1. The van der Waals surface area contributed by atoms with E-state index in [9.17, 15) is 0 Å². The quantitative estimate of drug-likeness (QED) is 0.298. The molecule has 0 N–H and O–H groups in total. The van der Waals surface area contributed by atoms with Gasteiger partial charge in [0.2, 0.25) is 0 Å². The Kier molecular flexibility index (Phi) is 8.67. The Bertz CT molecular complexity index is 810. The van der Waals surface area contributed by atoms with Crippen LogP contribution in [0.1, 0.15) is 27.7 Å². The molecule has 0 unspecified atom stereocenters. The van der Waals surface area contributed by atoms with E-state index in [1.54, 1.807) is 0 Å². The highest BCUT2D eigenvalue weighted by molar-refractivity contribution is 7.60. The Morgan fingerprint density at radius 1 is 0.533 bits per heavy atom. The van der Waals surface area contributed by atoms with E-state index in [0.717, 1.165) is 36.3 Å². The van der Waals surface area contributed by atoms with Crippen LogP contribution in [0.3, 0.4) is 0 Å². The minimum atomic E-state index is -0.323. The van der Waals surface area contributed by atoms with Crippen molar-refractivity contribution in [2.24, 2.45) is 0 Å². The highest BCUT2D eigenvalue weighted by Gasteiger charge is 2.23. The highest BCUT2D eigenvalue weighted by atomic mass is 31.1. The average Bonchev–Trinajstić information content (AvgIpc) is 2.82. The monoisotopic (exact) mass is 437 g/mol. The van der Waals surface area contributed by atoms with Crippen LogP contribution in [-0.4, -0.2) is 29.6 Å². The minimum absolute atomic E-state index is 0.323. The minimum Gasteiger partial charge on any atom is -0.305 e. The lowest BCUT2D eigenvalue weighted by molar-refractivity contribution is 1.18. The number of hydrogen-bond donors (Lipinski definition) is 0. The first-order chi connectivity index (χ1) is 14.7. The molecule has 2 aromatic carbocycles. The lowest BCUT2D eigenvalue weighted by atomic mass is 10.3. The van der Waals surface area contributed by atoms with Gasteiger partial charge < -0.3 is 9.34 Å². The van der Waals surface area contributed by atoms with E-state index in [-0.39, 0.29) is 16.1 Å². The molecule has 1 aromatic heterocycles. The van der Waals surface area contributed by atoms with E-state index in [4.69, 9.17) is 4.98 Å². The Hall–Kier alpha value is -1.95. The third-order valence-corrected chi connectivity index (χ3v) is 10.1. The van der Waals surface area contributed by atoms with Crippen molar-refractivity contribution in [2.45, 2.75) is 27.7 Å². The average molecular weight is 438 g/mol. The van der Waals surface area contributed by atoms with Gasteiger partial charge in [-0.2, -0.15) is 0 Å². The fourth-order valence-corrected chi connectivity index (χ4v) is 7.43. The second kappa shape index (κ2) is 11.4. The van der Waals surface area contributed by atoms with Crippen molar-refractivity contribution in [1.82, 2.24) is 4.98 Å². The van der Waals surface area contributed by atoms with Crippen molar-refractivity contribution in [3.63, 3.8) is 0 Å². The van der Waals surface area contributed by atoms with Crippen molar-refractivity contribution >= 4 is 39.2 Å². The van der Waals surface area contributed by atoms with E-state index < -0.39 is 0 Å². The zero-order valence-electron chi connectivity index (χ0n) is 18.6. The summed E-state index contributed by atoms with van der Waals surface area (Å²) in [5, 5.41) is 0. The smallest absolute Gasteiger partial charge is 0.138 e. The molecule has 3 aromatic rings. The Morgan fingerprint density at radius 2 is 0.900 bits per heavy atom. The van der Waals surface area contributed by atoms with Gasteiger partial charge in [0, 0.05) is 11.4 Å². The van der Waals surface area contributed by atoms with E-state index in [0.29, 0.717) is 0 Å². The molecule has 0 radical (unpaired) electrons. The first-order valence-corrected chi connectivity index (χ1v) is 14.2. The largest absolute Gasteiger partial charge is 0.305 e. The summed E-state index contributed by atoms with van der Waals surface area (Å²) in [5.41, 5.74) is 2.47. The van der Waals surface area contributed by atoms with Crippen molar-refractivity contribution in [3.05, 3.63) is 78.9 Å². The van der Waals surface area contributed by atoms with Gasteiger partial charge in [-0.05, 0) is 77.2 Å². The Labute approximate surface area is 184 Å². The Balaban J connectivity index is 2.09. The van der Waals surface area contributed by atoms with Crippen LogP contribution >= 0.6 is 16.1 Å². The molecule has 0 bridgehead atoms. The van der Waals surface area contributed by atoms with Gasteiger partial charge in [-0.25, -0.2) is 4.98 Å². The lowest BCUT2D eigenvalue weighted by Gasteiger charge is -2.35. The maximum absolute atomic E-state index is 5.24. The molecular weight excluding hydrogens is 404 g/mol. The number of rotatable bonds is 10. The summed E-state index contributed by atoms with van der Waals surface area (Å²) < 4.78 is 4.95. The fraction of sp³-hybridized carbons (Fsp3) is 0.320. The molecule has 0 saturated heterocycles. The van der Waals surface area contributed by atoms with Gasteiger partial charge >= 0.3 is 0 Å². The number of nitrogens with zero attached hydrogens (tertiary/aromatic N) is 3. The summed E-state index contributed by atoms with van der Waals surface area (Å²) in [4.78, 5) is 5.24. The summed E-state index contributed by atoms with van der Waals surface area (Å²) in [7, 11) is -0.646. The van der Waals surface area contributed by atoms with E-state index >= 15 is 0 Å². The summed E-state index contributed by atoms with van der Waals surface area (Å²) >= 11 is 0. The van der Waals surface area contributed by atoms with Gasteiger partial charge in [0.05, 0.1) is 0 Å². The van der Waals surface area contributed by atoms with Crippen LogP contribution < -0.4 is 9.34 Å². The summed E-state index contributed by atoms with van der Waals surface area (Å²) in [6.45, 7) is 9.16. The zero-order valence-corrected chi connectivity index (χ0v) is 20.4. The van der Waals surface area contributed by atoms with Crippen molar-refractivity contribution in [3.8, 4) is 0 Å². The van der Waals surface area contributed by atoms with Crippen molar-refractivity contribution < 1.29 is 0 Å². The molecular formula is C25H33N3P2. The topological polar surface area (TPSA) is 19.4 Å². The molecule has 3 rings (SSSR count). The van der Waals surface area contributed by atoms with E-state index in [1.165, 1.54) is 11.4 Å². The van der Waals surface area contributed by atoms with Crippen molar-refractivity contribution in [2.75, 3.05) is 34.0 Å². The van der Waals surface area contributed by atoms with E-state index in [2.05, 4.69) is 116 Å². The third-order valence-electron chi connectivity index (χ3n) is 5.18. The van der Waals surface area contributed by atoms with Crippen LogP contribution in [0.25, 0.3) is 0 Å². The molecule has 0 aliphatic carbocycles. The maximum Gasteiger partial charge on any atom is 0.138 e. The first-order valence-electron chi connectivity index (χ1n) is 10.9. The molecule has 0 fully saturated rings. The molecule has 0 spiro atoms. The summed E-state index contributed by atoms with van der Waals surface area (Å²) in [6.07, 6.45) is 4.58. The SMILES string of the molecule is CCP(CC)N(c1ccccc1)c1cccc(N(c2ccccc2)P(CC)CC)n1. The standard InChI is InChI=1S/C25H33N3P2/c1-5-29(6-2)27(22-16-11-9-12-17-22)24-20-15-21-25(26-24)28(30(7-3)8-4)23-18-13-10-14-19-23/h9-21H,5-8H2,1-4H3. The van der Waals surface area contributed by atoms with Crippen LogP contribution in [-0.2, 0) is 0 Å². The second-order valence-corrected chi connectivity index (χ2v) is 12.3. The van der Waals surface area contributed by atoms with Gasteiger partial charge in [-0.15, -0.1) is 0 Å². The molecule has 158 valence electrons. The van der Waals surface area contributed by atoms with Gasteiger partial charge in [0.25, 0.3) is 0 Å². The van der Waals surface area contributed by atoms with Gasteiger partial charge in [0.15, 0.2) is 0 Å².